The summed E-state index contributed by atoms with van der Waals surface area (Å²) in [6, 6.07) is 6.69. The summed E-state index contributed by atoms with van der Waals surface area (Å²) in [4.78, 5) is 0. The van der Waals surface area contributed by atoms with Gasteiger partial charge in [0, 0.05) is 0 Å². The van der Waals surface area contributed by atoms with Gasteiger partial charge in [-0.25, -0.2) is 6.07 Å². The van der Waals surface area contributed by atoms with Gasteiger partial charge in [-0.1, -0.05) is 25.7 Å². The van der Waals surface area contributed by atoms with Gasteiger partial charge in [-0.05, 0) is 0 Å². The Morgan fingerprint density at radius 2 is 1.77 bits per heavy atom. The number of aryl methyl sites for hydroxylation is 2. The summed E-state index contributed by atoms with van der Waals surface area (Å²) in [5.41, 5.74) is 3.20. The maximum atomic E-state index is 4.97. The van der Waals surface area contributed by atoms with Crippen molar-refractivity contribution in [1.29, 1.82) is 0 Å². The van der Waals surface area contributed by atoms with Crippen LogP contribution < -0.4 is 0 Å². The molecule has 0 unspecified atom stereocenters. The van der Waals surface area contributed by atoms with Crippen LogP contribution in [0.2, 0.25) is 0 Å². The van der Waals surface area contributed by atoms with E-state index in [0.29, 0.717) is 0 Å². The maximum Gasteiger partial charge on any atom is -0.0512 e. The summed E-state index contributed by atoms with van der Waals surface area (Å²) in [5, 5.41) is 0. The monoisotopic (exact) mass is 272 g/mol. The molecule has 1 aliphatic carbocycles. The molecule has 0 saturated heterocycles. The van der Waals surface area contributed by atoms with Crippen LogP contribution in [-0.4, -0.2) is 0 Å². The van der Waals surface area contributed by atoms with E-state index in [0.717, 1.165) is 0 Å². The molecule has 0 heterocycles. The smallest absolute Gasteiger partial charge is 0.0512 e. The van der Waals surface area contributed by atoms with Crippen molar-refractivity contribution in [3.05, 3.63) is 29.3 Å². The Balaban J connectivity index is 0.000000184. The molecule has 0 radical (unpaired) electrons. The van der Waals surface area contributed by atoms with E-state index in [4.69, 9.17) is 27.9 Å². The fourth-order valence-electron chi connectivity index (χ4n) is 1.61. The number of rotatable bonds is 0. The second-order valence-corrected chi connectivity index (χ2v) is 10.7. The molecule has 1 aromatic carbocycles. The van der Waals surface area contributed by atoms with E-state index in [-0.39, 0.29) is 0 Å². The molecule has 0 spiro atoms. The van der Waals surface area contributed by atoms with E-state index in [1.807, 2.05) is 0 Å². The van der Waals surface area contributed by atoms with E-state index in [1.165, 1.54) is 25.7 Å². The van der Waals surface area contributed by atoms with Crippen molar-refractivity contribution >= 4 is 27.9 Å². The largest absolute Gasteiger partial charge is 0.210 e. The number of hydrogen-bond acceptors (Lipinski definition) is 0. The molecule has 0 nitrogen and oxygen atoms in total. The van der Waals surface area contributed by atoms with Crippen LogP contribution in [0.1, 0.15) is 24.0 Å². The third kappa shape index (κ3) is 4.81. The van der Waals surface area contributed by atoms with Crippen molar-refractivity contribution in [2.75, 3.05) is 0 Å². The first-order valence-electron chi connectivity index (χ1n) is 4.27. The SMILES string of the molecule is [Cl][Ti+]([Cl])[Cl].c1cc2c([cH-]1)CCCC2. The molecule has 0 atom stereocenters. The fraction of sp³-hybridized carbons (Fsp3) is 0.444. The van der Waals surface area contributed by atoms with Gasteiger partial charge in [-0.15, -0.1) is 0 Å². The Bertz CT molecular complexity index is 222. The zero-order chi connectivity index (χ0) is 9.68. The van der Waals surface area contributed by atoms with E-state index in [9.17, 15) is 0 Å². The Labute approximate surface area is 97.0 Å². The van der Waals surface area contributed by atoms with Crippen LogP contribution in [-0.2, 0) is 27.5 Å². The third-order valence-electron chi connectivity index (χ3n) is 2.15. The maximum absolute atomic E-state index is 4.97. The molecule has 0 aromatic heterocycles. The summed E-state index contributed by atoms with van der Waals surface area (Å²) < 4.78 is 0. The molecule has 4 heteroatoms. The van der Waals surface area contributed by atoms with Crippen LogP contribution >= 0.6 is 27.9 Å². The van der Waals surface area contributed by atoms with Gasteiger partial charge in [0.05, 0.1) is 0 Å². The van der Waals surface area contributed by atoms with E-state index in [1.54, 1.807) is 11.1 Å². The predicted molar refractivity (Wildman–Crippen MR) is 56.2 cm³/mol. The zero-order valence-electron chi connectivity index (χ0n) is 7.19. The molecule has 13 heavy (non-hydrogen) atoms. The Morgan fingerprint density at radius 3 is 2.38 bits per heavy atom. The van der Waals surface area contributed by atoms with Crippen LogP contribution in [0.15, 0.2) is 18.2 Å². The predicted octanol–water partition coefficient (Wildman–Crippen LogP) is 4.35. The quantitative estimate of drug-likeness (QED) is 0.487. The second kappa shape index (κ2) is 6.42. The van der Waals surface area contributed by atoms with Gasteiger partial charge in [-0.3, -0.25) is 0 Å². The van der Waals surface area contributed by atoms with Gasteiger partial charge < -0.3 is 0 Å². The molecule has 1 aromatic rings. The first-order valence-corrected chi connectivity index (χ1v) is 10.7. The van der Waals surface area contributed by atoms with Gasteiger partial charge in [-0.2, -0.15) is 23.3 Å². The Hall–Kier alpha value is 0.934. The van der Waals surface area contributed by atoms with Crippen LogP contribution in [0.4, 0.5) is 0 Å². The number of fused-ring (bicyclic) bond motifs is 1. The van der Waals surface area contributed by atoms with Gasteiger partial charge in [0.2, 0.25) is 0 Å². The van der Waals surface area contributed by atoms with E-state index >= 15 is 0 Å². The molecular weight excluding hydrogens is 262 g/mol. The van der Waals surface area contributed by atoms with Crippen LogP contribution in [0.3, 0.4) is 0 Å². The van der Waals surface area contributed by atoms with Crippen LogP contribution in [0, 0.1) is 0 Å². The van der Waals surface area contributed by atoms with Crippen LogP contribution in [0.5, 0.6) is 0 Å². The summed E-state index contributed by atoms with van der Waals surface area (Å²) in [6.45, 7) is 0. The normalized spacial score (nSPS) is 14.1. The fourth-order valence-corrected chi connectivity index (χ4v) is 1.61. The van der Waals surface area contributed by atoms with E-state index in [2.05, 4.69) is 18.2 Å². The molecular formula is C9H11Cl3Ti. The van der Waals surface area contributed by atoms with Crippen molar-refractivity contribution in [2.24, 2.45) is 0 Å². The molecule has 1 aliphatic rings. The first kappa shape index (κ1) is 12.0. The van der Waals surface area contributed by atoms with Crippen molar-refractivity contribution in [3.8, 4) is 0 Å². The van der Waals surface area contributed by atoms with Crippen molar-refractivity contribution in [2.45, 2.75) is 25.7 Å². The topological polar surface area (TPSA) is 0 Å². The average molecular weight is 273 g/mol. The number of hydrogen-bond donors (Lipinski definition) is 0. The summed E-state index contributed by atoms with van der Waals surface area (Å²) in [7, 11) is 14.9. The minimum Gasteiger partial charge on any atom is -0.210 e. The Morgan fingerprint density at radius 1 is 1.15 bits per heavy atom. The third-order valence-corrected chi connectivity index (χ3v) is 2.15. The Kier molecular flexibility index (Phi) is 5.93. The van der Waals surface area contributed by atoms with Gasteiger partial charge in [0.1, 0.15) is 0 Å². The van der Waals surface area contributed by atoms with Crippen molar-refractivity contribution in [3.63, 3.8) is 0 Å². The van der Waals surface area contributed by atoms with Crippen molar-refractivity contribution in [1.82, 2.24) is 0 Å². The first-order chi connectivity index (χ1) is 6.20. The number of halogens is 3. The van der Waals surface area contributed by atoms with Gasteiger partial charge in [0.15, 0.2) is 0 Å². The van der Waals surface area contributed by atoms with Crippen molar-refractivity contribution < 1.29 is 14.7 Å². The minimum absolute atomic E-state index is 1.32. The molecule has 72 valence electrons. The molecule has 0 fully saturated rings. The molecule has 0 amide bonds. The standard InChI is InChI=1S/C9H11.3ClH.Ti/c1-2-5-9-7-3-6-8(9)4-1;;;;/h3,6-7H,1-2,4-5H2;3*1H;/q-1;;;;+4/p-3. The van der Waals surface area contributed by atoms with Gasteiger partial charge >= 0.3 is 42.6 Å². The summed E-state index contributed by atoms with van der Waals surface area (Å²) >= 11 is -1.92. The van der Waals surface area contributed by atoms with E-state index < -0.39 is 14.7 Å². The molecule has 0 aliphatic heterocycles. The van der Waals surface area contributed by atoms with Gasteiger partial charge in [0.25, 0.3) is 0 Å². The molecule has 0 N–H and O–H groups in total. The summed E-state index contributed by atoms with van der Waals surface area (Å²) in [5.74, 6) is 0. The average Bonchev–Trinajstić information content (AvgIpc) is 2.49. The minimum atomic E-state index is -1.92. The zero-order valence-corrected chi connectivity index (χ0v) is 11.0. The van der Waals surface area contributed by atoms with Crippen LogP contribution in [0.25, 0.3) is 0 Å². The molecule has 2 rings (SSSR count). The second-order valence-electron chi connectivity index (χ2n) is 3.00. The summed E-state index contributed by atoms with van der Waals surface area (Å²) in [6.07, 6.45) is 5.44. The molecule has 0 saturated carbocycles. The molecule has 0 bridgehead atoms.